The van der Waals surface area contributed by atoms with Gasteiger partial charge in [-0.25, -0.2) is 0 Å². The standard InChI is InChI=1S/C11H22N2O/c1-3-9(4-2)10(14)13-11(8-12)6-5-7-11/h9H,3-8,12H2,1-2H3,(H,13,14). The van der Waals surface area contributed by atoms with Crippen LogP contribution < -0.4 is 11.1 Å². The molecular weight excluding hydrogens is 176 g/mol. The van der Waals surface area contributed by atoms with Crippen molar-refractivity contribution in [3.8, 4) is 0 Å². The molecule has 0 aromatic carbocycles. The summed E-state index contributed by atoms with van der Waals surface area (Å²) in [6.45, 7) is 4.70. The van der Waals surface area contributed by atoms with Gasteiger partial charge in [0.25, 0.3) is 0 Å². The van der Waals surface area contributed by atoms with Crippen LogP contribution in [0, 0.1) is 5.92 Å². The van der Waals surface area contributed by atoms with Crippen LogP contribution in [0.3, 0.4) is 0 Å². The molecule has 0 atom stereocenters. The molecule has 0 radical (unpaired) electrons. The van der Waals surface area contributed by atoms with Gasteiger partial charge in [0, 0.05) is 12.5 Å². The lowest BCUT2D eigenvalue weighted by atomic mass is 9.76. The van der Waals surface area contributed by atoms with Crippen LogP contribution in [0.15, 0.2) is 0 Å². The van der Waals surface area contributed by atoms with E-state index in [2.05, 4.69) is 19.2 Å². The monoisotopic (exact) mass is 198 g/mol. The molecule has 1 aliphatic carbocycles. The van der Waals surface area contributed by atoms with Gasteiger partial charge in [-0.2, -0.15) is 0 Å². The minimum atomic E-state index is -0.0559. The van der Waals surface area contributed by atoms with E-state index in [-0.39, 0.29) is 17.4 Å². The van der Waals surface area contributed by atoms with E-state index in [0.717, 1.165) is 25.7 Å². The summed E-state index contributed by atoms with van der Waals surface area (Å²) in [5.41, 5.74) is 5.63. The number of nitrogens with two attached hydrogens (primary N) is 1. The number of carbonyl (C=O) groups excluding carboxylic acids is 1. The van der Waals surface area contributed by atoms with Crippen molar-refractivity contribution in [3.05, 3.63) is 0 Å². The molecule has 1 aliphatic rings. The highest BCUT2D eigenvalue weighted by Gasteiger charge is 2.37. The van der Waals surface area contributed by atoms with Gasteiger partial charge in [-0.3, -0.25) is 4.79 Å². The van der Waals surface area contributed by atoms with Crippen molar-refractivity contribution in [2.24, 2.45) is 11.7 Å². The zero-order valence-electron chi connectivity index (χ0n) is 9.31. The van der Waals surface area contributed by atoms with Crippen molar-refractivity contribution in [2.45, 2.75) is 51.5 Å². The van der Waals surface area contributed by atoms with E-state index in [1.165, 1.54) is 6.42 Å². The molecule has 1 saturated carbocycles. The van der Waals surface area contributed by atoms with Gasteiger partial charge >= 0.3 is 0 Å². The fraction of sp³-hybridized carbons (Fsp3) is 0.909. The van der Waals surface area contributed by atoms with Crippen LogP contribution in [-0.2, 0) is 4.79 Å². The van der Waals surface area contributed by atoms with Gasteiger partial charge in [0.15, 0.2) is 0 Å². The lowest BCUT2D eigenvalue weighted by molar-refractivity contribution is -0.128. The van der Waals surface area contributed by atoms with Crippen LogP contribution in [0.2, 0.25) is 0 Å². The summed E-state index contributed by atoms with van der Waals surface area (Å²) >= 11 is 0. The second-order valence-electron chi connectivity index (χ2n) is 4.34. The van der Waals surface area contributed by atoms with Crippen LogP contribution in [0.25, 0.3) is 0 Å². The molecule has 82 valence electrons. The van der Waals surface area contributed by atoms with E-state index in [1.54, 1.807) is 0 Å². The molecule has 0 unspecified atom stereocenters. The van der Waals surface area contributed by atoms with Gasteiger partial charge in [-0.1, -0.05) is 13.8 Å². The Morgan fingerprint density at radius 1 is 1.43 bits per heavy atom. The summed E-state index contributed by atoms with van der Waals surface area (Å²) < 4.78 is 0. The predicted molar refractivity (Wildman–Crippen MR) is 57.9 cm³/mol. The normalized spacial score (nSPS) is 19.1. The summed E-state index contributed by atoms with van der Waals surface area (Å²) in [6, 6.07) is 0. The average molecular weight is 198 g/mol. The van der Waals surface area contributed by atoms with Crippen molar-refractivity contribution >= 4 is 5.91 Å². The first-order chi connectivity index (χ1) is 6.67. The molecule has 3 N–H and O–H groups in total. The first-order valence-electron chi connectivity index (χ1n) is 5.69. The van der Waals surface area contributed by atoms with E-state index in [4.69, 9.17) is 5.73 Å². The number of carbonyl (C=O) groups is 1. The quantitative estimate of drug-likeness (QED) is 0.702. The highest BCUT2D eigenvalue weighted by Crippen LogP contribution is 2.31. The van der Waals surface area contributed by atoms with Crippen LogP contribution in [-0.4, -0.2) is 18.0 Å². The Hall–Kier alpha value is -0.570. The molecule has 0 spiro atoms. The predicted octanol–water partition coefficient (Wildman–Crippen LogP) is 1.42. The molecular formula is C11H22N2O. The summed E-state index contributed by atoms with van der Waals surface area (Å²) in [5, 5.41) is 3.12. The maximum absolute atomic E-state index is 11.8. The Morgan fingerprint density at radius 2 is 2.00 bits per heavy atom. The molecule has 0 aromatic rings. The van der Waals surface area contributed by atoms with Crippen LogP contribution >= 0.6 is 0 Å². The first kappa shape index (κ1) is 11.5. The van der Waals surface area contributed by atoms with Gasteiger partial charge in [0.2, 0.25) is 5.91 Å². The molecule has 14 heavy (non-hydrogen) atoms. The number of rotatable bonds is 5. The Bertz CT molecular complexity index is 190. The third kappa shape index (κ3) is 2.27. The van der Waals surface area contributed by atoms with E-state index >= 15 is 0 Å². The summed E-state index contributed by atoms with van der Waals surface area (Å²) in [7, 11) is 0. The lowest BCUT2D eigenvalue weighted by Gasteiger charge is -2.42. The van der Waals surface area contributed by atoms with Crippen molar-refractivity contribution < 1.29 is 4.79 Å². The van der Waals surface area contributed by atoms with Crippen LogP contribution in [0.1, 0.15) is 46.0 Å². The van der Waals surface area contributed by atoms with E-state index < -0.39 is 0 Å². The fourth-order valence-electron chi connectivity index (χ4n) is 2.01. The molecule has 0 aliphatic heterocycles. The number of amides is 1. The summed E-state index contributed by atoms with van der Waals surface area (Å²) in [6.07, 6.45) is 5.14. The summed E-state index contributed by atoms with van der Waals surface area (Å²) in [5.74, 6) is 0.360. The van der Waals surface area contributed by atoms with Crippen molar-refractivity contribution in [1.82, 2.24) is 5.32 Å². The lowest BCUT2D eigenvalue weighted by Crippen LogP contribution is -2.59. The topological polar surface area (TPSA) is 55.1 Å². The maximum Gasteiger partial charge on any atom is 0.223 e. The average Bonchev–Trinajstić information content (AvgIpc) is 2.13. The third-order valence-corrected chi connectivity index (χ3v) is 3.45. The Kier molecular flexibility index (Phi) is 3.93. The molecule has 1 fully saturated rings. The second-order valence-corrected chi connectivity index (χ2v) is 4.34. The van der Waals surface area contributed by atoms with Gasteiger partial charge in [0.1, 0.15) is 0 Å². The molecule has 3 nitrogen and oxygen atoms in total. The Balaban J connectivity index is 2.46. The SMILES string of the molecule is CCC(CC)C(=O)NC1(CN)CCC1. The smallest absolute Gasteiger partial charge is 0.223 e. The van der Waals surface area contributed by atoms with E-state index in [1.807, 2.05) is 0 Å². The number of nitrogens with one attached hydrogen (secondary N) is 1. The van der Waals surface area contributed by atoms with Crippen molar-refractivity contribution in [1.29, 1.82) is 0 Å². The molecule has 0 aromatic heterocycles. The minimum Gasteiger partial charge on any atom is -0.349 e. The number of hydrogen-bond acceptors (Lipinski definition) is 2. The van der Waals surface area contributed by atoms with Gasteiger partial charge in [0.05, 0.1) is 5.54 Å². The largest absolute Gasteiger partial charge is 0.349 e. The molecule has 1 rings (SSSR count). The van der Waals surface area contributed by atoms with Gasteiger partial charge in [-0.15, -0.1) is 0 Å². The molecule has 0 bridgehead atoms. The fourth-order valence-corrected chi connectivity index (χ4v) is 2.01. The molecule has 0 saturated heterocycles. The second kappa shape index (κ2) is 4.78. The maximum atomic E-state index is 11.8. The molecule has 0 heterocycles. The first-order valence-corrected chi connectivity index (χ1v) is 5.69. The molecule has 3 heteroatoms. The van der Waals surface area contributed by atoms with Gasteiger partial charge in [-0.05, 0) is 32.1 Å². The Labute approximate surface area is 86.4 Å². The zero-order chi connectivity index (χ0) is 10.6. The zero-order valence-corrected chi connectivity index (χ0v) is 9.31. The molecule has 1 amide bonds. The van der Waals surface area contributed by atoms with Crippen LogP contribution in [0.5, 0.6) is 0 Å². The number of hydrogen-bond donors (Lipinski definition) is 2. The van der Waals surface area contributed by atoms with Crippen molar-refractivity contribution in [3.63, 3.8) is 0 Å². The van der Waals surface area contributed by atoms with Crippen LogP contribution in [0.4, 0.5) is 0 Å². The Morgan fingerprint density at radius 3 is 2.29 bits per heavy atom. The highest BCUT2D eigenvalue weighted by molar-refractivity contribution is 5.79. The van der Waals surface area contributed by atoms with Gasteiger partial charge < -0.3 is 11.1 Å². The third-order valence-electron chi connectivity index (χ3n) is 3.45. The van der Waals surface area contributed by atoms with E-state index in [0.29, 0.717) is 6.54 Å². The minimum absolute atomic E-state index is 0.0559. The van der Waals surface area contributed by atoms with Crippen molar-refractivity contribution in [2.75, 3.05) is 6.54 Å². The van der Waals surface area contributed by atoms with E-state index in [9.17, 15) is 4.79 Å². The highest BCUT2D eigenvalue weighted by atomic mass is 16.2. The summed E-state index contributed by atoms with van der Waals surface area (Å²) in [4.78, 5) is 11.8.